The normalized spacial score (nSPS) is 16.2. The highest BCUT2D eigenvalue weighted by Crippen LogP contribution is 2.35. The molecule has 1 atom stereocenters. The van der Waals surface area contributed by atoms with Gasteiger partial charge < -0.3 is 18.9 Å². The minimum atomic E-state index is -0.139. The van der Waals surface area contributed by atoms with E-state index < -0.39 is 0 Å². The highest BCUT2D eigenvalue weighted by molar-refractivity contribution is 6.30. The maximum absolute atomic E-state index is 12.5. The van der Waals surface area contributed by atoms with Gasteiger partial charge in [-0.1, -0.05) is 16.8 Å². The smallest absolute Gasteiger partial charge is 0.258 e. The molecule has 0 unspecified atom stereocenters. The SMILES string of the molecule is CCOc1ccc(-c2nc([C@@H]3CC(=O)N(c4ccc(Cl)cc4)C3)no2)cc1OCC. The molecular formula is C22H22ClN3O4. The molecule has 7 nitrogen and oxygen atoms in total. The second-order valence-electron chi connectivity index (χ2n) is 6.87. The third-order valence-corrected chi connectivity index (χ3v) is 5.11. The predicted molar refractivity (Wildman–Crippen MR) is 113 cm³/mol. The van der Waals surface area contributed by atoms with Crippen molar-refractivity contribution in [1.82, 2.24) is 10.1 Å². The Labute approximate surface area is 179 Å². The quantitative estimate of drug-likeness (QED) is 0.543. The Bertz CT molecular complexity index is 1040. The lowest BCUT2D eigenvalue weighted by atomic mass is 10.1. The van der Waals surface area contributed by atoms with E-state index in [0.29, 0.717) is 54.4 Å². The zero-order chi connectivity index (χ0) is 21.1. The number of nitrogens with zero attached hydrogens (tertiary/aromatic N) is 3. The maximum Gasteiger partial charge on any atom is 0.258 e. The first-order chi connectivity index (χ1) is 14.6. The molecule has 0 saturated carbocycles. The van der Waals surface area contributed by atoms with Gasteiger partial charge in [-0.25, -0.2) is 0 Å². The van der Waals surface area contributed by atoms with E-state index in [4.69, 9.17) is 25.6 Å². The van der Waals surface area contributed by atoms with E-state index in [1.165, 1.54) is 0 Å². The highest BCUT2D eigenvalue weighted by atomic mass is 35.5. The molecule has 2 aromatic carbocycles. The summed E-state index contributed by atoms with van der Waals surface area (Å²) >= 11 is 5.95. The van der Waals surface area contributed by atoms with Gasteiger partial charge in [0, 0.05) is 35.2 Å². The number of ether oxygens (including phenoxy) is 2. The van der Waals surface area contributed by atoms with E-state index in [0.717, 1.165) is 11.3 Å². The lowest BCUT2D eigenvalue weighted by molar-refractivity contribution is -0.117. The number of halogens is 1. The molecule has 0 bridgehead atoms. The first kappa shape index (κ1) is 20.2. The average Bonchev–Trinajstić information content (AvgIpc) is 3.37. The summed E-state index contributed by atoms with van der Waals surface area (Å²) in [6.07, 6.45) is 0.328. The van der Waals surface area contributed by atoms with Crippen LogP contribution in [-0.4, -0.2) is 35.8 Å². The molecule has 0 spiro atoms. The van der Waals surface area contributed by atoms with E-state index in [1.54, 1.807) is 17.0 Å². The zero-order valence-corrected chi connectivity index (χ0v) is 17.6. The molecule has 1 aromatic heterocycles. The summed E-state index contributed by atoms with van der Waals surface area (Å²) in [4.78, 5) is 18.8. The average molecular weight is 428 g/mol. The van der Waals surface area contributed by atoms with Crippen LogP contribution in [0.4, 0.5) is 5.69 Å². The molecule has 1 aliphatic rings. The summed E-state index contributed by atoms with van der Waals surface area (Å²) in [5.74, 6) is 2.07. The van der Waals surface area contributed by atoms with Crippen molar-refractivity contribution in [1.29, 1.82) is 0 Å². The lowest BCUT2D eigenvalue weighted by Crippen LogP contribution is -2.24. The molecule has 4 rings (SSSR count). The van der Waals surface area contributed by atoms with E-state index in [2.05, 4.69) is 10.1 Å². The van der Waals surface area contributed by atoms with E-state index >= 15 is 0 Å². The van der Waals surface area contributed by atoms with Crippen LogP contribution in [0.5, 0.6) is 11.5 Å². The third-order valence-electron chi connectivity index (χ3n) is 4.86. The second-order valence-corrected chi connectivity index (χ2v) is 7.30. The number of carbonyl (C=O) groups is 1. The number of hydrogen-bond donors (Lipinski definition) is 0. The minimum Gasteiger partial charge on any atom is -0.490 e. The molecular weight excluding hydrogens is 406 g/mol. The molecule has 1 fully saturated rings. The van der Waals surface area contributed by atoms with Gasteiger partial charge >= 0.3 is 0 Å². The molecule has 8 heteroatoms. The van der Waals surface area contributed by atoms with Gasteiger partial charge in [0.2, 0.25) is 5.91 Å². The zero-order valence-electron chi connectivity index (χ0n) is 16.8. The molecule has 0 radical (unpaired) electrons. The van der Waals surface area contributed by atoms with Crippen LogP contribution in [0.2, 0.25) is 5.02 Å². The number of aromatic nitrogens is 2. The van der Waals surface area contributed by atoms with Crippen LogP contribution in [-0.2, 0) is 4.79 Å². The number of benzene rings is 2. The first-order valence-electron chi connectivity index (χ1n) is 9.88. The number of rotatable bonds is 7. The summed E-state index contributed by atoms with van der Waals surface area (Å²) < 4.78 is 16.7. The Morgan fingerprint density at radius 2 is 1.83 bits per heavy atom. The van der Waals surface area contributed by atoms with Crippen LogP contribution in [0, 0.1) is 0 Å². The number of hydrogen-bond acceptors (Lipinski definition) is 6. The summed E-state index contributed by atoms with van der Waals surface area (Å²) in [5.41, 5.74) is 1.54. The second kappa shape index (κ2) is 8.75. The Balaban J connectivity index is 1.54. The molecule has 3 aromatic rings. The summed E-state index contributed by atoms with van der Waals surface area (Å²) in [5, 5.41) is 4.76. The topological polar surface area (TPSA) is 77.7 Å². The molecule has 156 valence electrons. The molecule has 2 heterocycles. The Kier molecular flexibility index (Phi) is 5.90. The third kappa shape index (κ3) is 4.11. The van der Waals surface area contributed by atoms with Crippen molar-refractivity contribution in [3.05, 3.63) is 53.3 Å². The van der Waals surface area contributed by atoms with Crippen LogP contribution in [0.1, 0.15) is 32.0 Å². The van der Waals surface area contributed by atoms with Crippen molar-refractivity contribution in [3.8, 4) is 23.0 Å². The molecule has 0 N–H and O–H groups in total. The van der Waals surface area contributed by atoms with Crippen LogP contribution in [0.3, 0.4) is 0 Å². The number of anilines is 1. The molecule has 0 aliphatic carbocycles. The van der Waals surface area contributed by atoms with Gasteiger partial charge in [0.1, 0.15) is 0 Å². The fraction of sp³-hybridized carbons (Fsp3) is 0.318. The fourth-order valence-corrected chi connectivity index (χ4v) is 3.58. The van der Waals surface area contributed by atoms with E-state index in [1.807, 2.05) is 44.2 Å². The van der Waals surface area contributed by atoms with Gasteiger partial charge in [0.25, 0.3) is 5.89 Å². The predicted octanol–water partition coefficient (Wildman–Crippen LogP) is 4.71. The van der Waals surface area contributed by atoms with Gasteiger partial charge in [-0.05, 0) is 56.3 Å². The first-order valence-corrected chi connectivity index (χ1v) is 10.3. The van der Waals surface area contributed by atoms with Gasteiger partial charge in [0.05, 0.1) is 13.2 Å². The van der Waals surface area contributed by atoms with Gasteiger partial charge in [-0.3, -0.25) is 4.79 Å². The van der Waals surface area contributed by atoms with Crippen molar-refractivity contribution in [2.45, 2.75) is 26.2 Å². The maximum atomic E-state index is 12.5. The van der Waals surface area contributed by atoms with Crippen LogP contribution in [0.25, 0.3) is 11.5 Å². The van der Waals surface area contributed by atoms with Crippen LogP contribution in [0.15, 0.2) is 47.0 Å². The minimum absolute atomic E-state index is 0.0216. The van der Waals surface area contributed by atoms with Gasteiger partial charge in [-0.15, -0.1) is 0 Å². The summed E-state index contributed by atoms with van der Waals surface area (Å²) in [6.45, 7) is 5.39. The van der Waals surface area contributed by atoms with Crippen molar-refractivity contribution >= 4 is 23.2 Å². The molecule has 1 aliphatic heterocycles. The molecule has 1 amide bonds. The standard InChI is InChI=1S/C22H22ClN3O4/c1-3-28-18-10-5-14(11-19(18)29-4-2)22-24-21(25-30-22)15-12-20(27)26(13-15)17-8-6-16(23)7-9-17/h5-11,15H,3-4,12-13H2,1-2H3/t15-/m1/s1. The van der Waals surface area contributed by atoms with Crippen LogP contribution >= 0.6 is 11.6 Å². The Hall–Kier alpha value is -3.06. The largest absolute Gasteiger partial charge is 0.490 e. The fourth-order valence-electron chi connectivity index (χ4n) is 3.45. The van der Waals surface area contributed by atoms with Crippen molar-refractivity contribution in [3.63, 3.8) is 0 Å². The highest BCUT2D eigenvalue weighted by Gasteiger charge is 2.34. The van der Waals surface area contributed by atoms with Gasteiger partial charge in [-0.2, -0.15) is 4.98 Å². The van der Waals surface area contributed by atoms with Crippen molar-refractivity contribution in [2.24, 2.45) is 0 Å². The number of amides is 1. The molecule has 1 saturated heterocycles. The lowest BCUT2D eigenvalue weighted by Gasteiger charge is -2.16. The monoisotopic (exact) mass is 427 g/mol. The van der Waals surface area contributed by atoms with E-state index in [9.17, 15) is 4.79 Å². The van der Waals surface area contributed by atoms with Gasteiger partial charge in [0.15, 0.2) is 17.3 Å². The summed E-state index contributed by atoms with van der Waals surface area (Å²) in [7, 11) is 0. The van der Waals surface area contributed by atoms with Crippen LogP contribution < -0.4 is 14.4 Å². The molecule has 30 heavy (non-hydrogen) atoms. The van der Waals surface area contributed by atoms with Crippen molar-refractivity contribution in [2.75, 3.05) is 24.7 Å². The Morgan fingerprint density at radius 1 is 1.10 bits per heavy atom. The Morgan fingerprint density at radius 3 is 2.57 bits per heavy atom. The number of carbonyl (C=O) groups excluding carboxylic acids is 1. The van der Waals surface area contributed by atoms with E-state index in [-0.39, 0.29) is 11.8 Å². The summed E-state index contributed by atoms with van der Waals surface area (Å²) in [6, 6.07) is 12.7. The van der Waals surface area contributed by atoms with Crippen molar-refractivity contribution < 1.29 is 18.8 Å².